The van der Waals surface area contributed by atoms with E-state index in [1.165, 1.54) is 6.20 Å². The largest absolute Gasteiger partial charge is 0.494 e. The molecule has 3 aromatic rings. The van der Waals surface area contributed by atoms with E-state index in [1.807, 2.05) is 74.6 Å². The summed E-state index contributed by atoms with van der Waals surface area (Å²) in [6.07, 6.45) is 3.88. The van der Waals surface area contributed by atoms with Gasteiger partial charge in [-0.3, -0.25) is 4.79 Å². The third kappa shape index (κ3) is 6.53. The summed E-state index contributed by atoms with van der Waals surface area (Å²) >= 11 is 0. The highest BCUT2D eigenvalue weighted by Crippen LogP contribution is 2.13. The van der Waals surface area contributed by atoms with Crippen LogP contribution in [-0.4, -0.2) is 28.8 Å². The Morgan fingerprint density at radius 2 is 1.86 bits per heavy atom. The number of para-hydroxylation sites is 1. The molecule has 0 unspecified atom stereocenters. The first-order chi connectivity index (χ1) is 14.1. The maximum atomic E-state index is 12.4. The Morgan fingerprint density at radius 1 is 1.21 bits per heavy atom. The molecule has 2 aromatic carbocycles. The van der Waals surface area contributed by atoms with E-state index >= 15 is 0 Å². The molecule has 6 heteroatoms. The van der Waals surface area contributed by atoms with Crippen LogP contribution in [0.25, 0.3) is 5.69 Å². The number of aromatic nitrogens is 2. The minimum Gasteiger partial charge on any atom is -0.494 e. The van der Waals surface area contributed by atoms with Crippen LogP contribution >= 0.6 is 0 Å². The molecule has 0 atom stereocenters. The second kappa shape index (κ2) is 11.3. The van der Waals surface area contributed by atoms with Gasteiger partial charge >= 0.3 is 0 Å². The third-order valence-electron chi connectivity index (χ3n) is 4.07. The van der Waals surface area contributed by atoms with Gasteiger partial charge in [0.15, 0.2) is 5.69 Å². The zero-order chi connectivity index (χ0) is 21.1. The molecule has 1 heterocycles. The molecule has 0 radical (unpaired) electrons. The summed E-state index contributed by atoms with van der Waals surface area (Å²) in [5.74, 6) is 0.713. The number of hydrogen-bond acceptors (Lipinski definition) is 4. The molecule has 152 valence electrons. The van der Waals surface area contributed by atoms with Crippen LogP contribution in [0.1, 0.15) is 28.5 Å². The number of hydrogen-bond donors (Lipinski definition) is 2. The van der Waals surface area contributed by atoms with Crippen molar-refractivity contribution in [3.8, 4) is 11.4 Å². The Morgan fingerprint density at radius 3 is 2.48 bits per heavy atom. The van der Waals surface area contributed by atoms with Crippen LogP contribution in [0, 0.1) is 6.92 Å². The summed E-state index contributed by atoms with van der Waals surface area (Å²) in [6, 6.07) is 17.7. The lowest BCUT2D eigenvalue weighted by atomic mass is 10.1. The number of nitrogens with zero attached hydrogens (tertiary/aromatic N) is 2. The third-order valence-corrected chi connectivity index (χ3v) is 4.07. The molecular weight excluding hydrogens is 364 g/mol. The van der Waals surface area contributed by atoms with Crippen LogP contribution in [0.4, 0.5) is 0 Å². The molecule has 29 heavy (non-hydrogen) atoms. The average Bonchev–Trinajstić information content (AvgIpc) is 3.12. The van der Waals surface area contributed by atoms with Crippen molar-refractivity contribution in [2.24, 2.45) is 5.73 Å². The zero-order valence-corrected chi connectivity index (χ0v) is 17.0. The van der Waals surface area contributed by atoms with Crippen molar-refractivity contribution in [2.45, 2.75) is 20.3 Å². The van der Waals surface area contributed by atoms with E-state index in [0.29, 0.717) is 18.8 Å². The van der Waals surface area contributed by atoms with Gasteiger partial charge in [0, 0.05) is 18.3 Å². The fourth-order valence-electron chi connectivity index (χ4n) is 2.72. The lowest BCUT2D eigenvalue weighted by molar-refractivity contribution is 0.0948. The molecule has 3 rings (SSSR count). The second-order valence-corrected chi connectivity index (χ2v) is 6.26. The monoisotopic (exact) mass is 392 g/mol. The maximum Gasteiger partial charge on any atom is 0.272 e. The maximum absolute atomic E-state index is 12.4. The summed E-state index contributed by atoms with van der Waals surface area (Å²) < 4.78 is 7.17. The average molecular weight is 393 g/mol. The number of amides is 1. The van der Waals surface area contributed by atoms with Gasteiger partial charge in [-0.1, -0.05) is 36.9 Å². The molecular formula is C23H28N4O2. The molecule has 6 nitrogen and oxygen atoms in total. The minimum atomic E-state index is -0.150. The summed E-state index contributed by atoms with van der Waals surface area (Å²) in [4.78, 5) is 12.4. The molecule has 0 fully saturated rings. The highest BCUT2D eigenvalue weighted by Gasteiger charge is 2.14. The SMILES string of the molecule is C=CN.CCOc1ccc(CCNC(=O)c2nn(-c3ccccc3)cc2C)cc1. The number of nitrogens with two attached hydrogens (primary N) is 1. The smallest absolute Gasteiger partial charge is 0.272 e. The predicted octanol–water partition coefficient (Wildman–Crippen LogP) is 3.64. The van der Waals surface area contributed by atoms with E-state index in [1.54, 1.807) is 4.68 Å². The molecule has 0 aliphatic heterocycles. The zero-order valence-electron chi connectivity index (χ0n) is 17.0. The number of rotatable bonds is 7. The lowest BCUT2D eigenvalue weighted by Gasteiger charge is -2.06. The number of carbonyl (C=O) groups is 1. The molecule has 1 aromatic heterocycles. The Labute approximate surface area is 172 Å². The summed E-state index contributed by atoms with van der Waals surface area (Å²) in [5, 5.41) is 7.37. The van der Waals surface area contributed by atoms with Crippen LogP contribution < -0.4 is 15.8 Å². The van der Waals surface area contributed by atoms with E-state index in [4.69, 9.17) is 4.74 Å². The lowest BCUT2D eigenvalue weighted by Crippen LogP contribution is -2.26. The van der Waals surface area contributed by atoms with Crippen LogP contribution in [0.3, 0.4) is 0 Å². The van der Waals surface area contributed by atoms with E-state index in [9.17, 15) is 4.79 Å². The van der Waals surface area contributed by atoms with Crippen molar-refractivity contribution >= 4 is 5.91 Å². The van der Waals surface area contributed by atoms with E-state index in [0.717, 1.165) is 29.0 Å². The predicted molar refractivity (Wildman–Crippen MR) is 116 cm³/mol. The van der Waals surface area contributed by atoms with Gasteiger partial charge < -0.3 is 15.8 Å². The van der Waals surface area contributed by atoms with Crippen molar-refractivity contribution in [3.63, 3.8) is 0 Å². The summed E-state index contributed by atoms with van der Waals surface area (Å²) in [6.45, 7) is 8.22. The number of nitrogens with one attached hydrogen (secondary N) is 1. The normalized spacial score (nSPS) is 9.86. The molecule has 0 bridgehead atoms. The first-order valence-corrected chi connectivity index (χ1v) is 9.53. The Balaban J connectivity index is 0.000000941. The van der Waals surface area contributed by atoms with E-state index < -0.39 is 0 Å². The first kappa shape index (κ1) is 21.8. The topological polar surface area (TPSA) is 82.2 Å². The standard InChI is InChI=1S/C21H23N3O2.C2H5N/c1-3-26-19-11-9-17(10-12-19)13-14-22-21(25)20-16(2)15-24(23-20)18-7-5-4-6-8-18;1-2-3/h4-12,15H,3,13-14H2,1-2H3,(H,22,25);2H,1,3H2. The summed E-state index contributed by atoms with van der Waals surface area (Å²) in [5.41, 5.74) is 8.01. The summed E-state index contributed by atoms with van der Waals surface area (Å²) in [7, 11) is 0. The quantitative estimate of drug-likeness (QED) is 0.643. The highest BCUT2D eigenvalue weighted by molar-refractivity contribution is 5.93. The molecule has 1 amide bonds. The van der Waals surface area contributed by atoms with Gasteiger partial charge in [0.1, 0.15) is 5.75 Å². The second-order valence-electron chi connectivity index (χ2n) is 6.26. The van der Waals surface area contributed by atoms with Crippen molar-refractivity contribution < 1.29 is 9.53 Å². The van der Waals surface area contributed by atoms with Gasteiger partial charge in [-0.25, -0.2) is 4.68 Å². The Bertz CT molecular complexity index is 902. The van der Waals surface area contributed by atoms with Crippen LogP contribution in [-0.2, 0) is 6.42 Å². The molecule has 0 saturated heterocycles. The molecule has 0 saturated carbocycles. The fourth-order valence-corrected chi connectivity index (χ4v) is 2.72. The molecule has 0 spiro atoms. The van der Waals surface area contributed by atoms with Crippen molar-refractivity contribution in [1.29, 1.82) is 0 Å². The van der Waals surface area contributed by atoms with Gasteiger partial charge in [-0.05, 0) is 56.3 Å². The van der Waals surface area contributed by atoms with Crippen LogP contribution in [0.5, 0.6) is 5.75 Å². The highest BCUT2D eigenvalue weighted by atomic mass is 16.5. The van der Waals surface area contributed by atoms with Crippen LogP contribution in [0.15, 0.2) is 73.6 Å². The molecule has 0 aliphatic carbocycles. The Hall–Kier alpha value is -3.54. The van der Waals surface area contributed by atoms with Crippen molar-refractivity contribution in [3.05, 3.63) is 90.4 Å². The van der Waals surface area contributed by atoms with E-state index in [-0.39, 0.29) is 5.91 Å². The van der Waals surface area contributed by atoms with Gasteiger partial charge in [-0.2, -0.15) is 5.10 Å². The Kier molecular flexibility index (Phi) is 8.51. The van der Waals surface area contributed by atoms with Gasteiger partial charge in [0.2, 0.25) is 0 Å². The number of ether oxygens (including phenoxy) is 1. The fraction of sp³-hybridized carbons (Fsp3) is 0.217. The molecule has 3 N–H and O–H groups in total. The van der Waals surface area contributed by atoms with Gasteiger partial charge in [0.25, 0.3) is 5.91 Å². The first-order valence-electron chi connectivity index (χ1n) is 9.53. The number of benzene rings is 2. The van der Waals surface area contributed by atoms with Gasteiger partial charge in [-0.15, -0.1) is 0 Å². The minimum absolute atomic E-state index is 0.150. The van der Waals surface area contributed by atoms with Crippen molar-refractivity contribution in [1.82, 2.24) is 15.1 Å². The molecule has 0 aliphatic rings. The van der Waals surface area contributed by atoms with Crippen LogP contribution in [0.2, 0.25) is 0 Å². The number of carbonyl (C=O) groups excluding carboxylic acids is 1. The van der Waals surface area contributed by atoms with E-state index in [2.05, 4.69) is 22.7 Å². The van der Waals surface area contributed by atoms with Gasteiger partial charge in [0.05, 0.1) is 12.3 Å². The number of aryl methyl sites for hydroxylation is 1. The van der Waals surface area contributed by atoms with Crippen molar-refractivity contribution in [2.75, 3.05) is 13.2 Å².